The van der Waals surface area contributed by atoms with Gasteiger partial charge in [0.1, 0.15) is 11.1 Å². The van der Waals surface area contributed by atoms with Crippen molar-refractivity contribution in [1.29, 1.82) is 5.26 Å². The summed E-state index contributed by atoms with van der Waals surface area (Å²) in [7, 11) is 0. The van der Waals surface area contributed by atoms with Gasteiger partial charge in [-0.25, -0.2) is 0 Å². The standard InChI is InChI=1S/C18H18N2OS2/c1-11(2)22-13-6-3-5-12(9-13)17(21)20-18-15(10-19)14-7-4-8-16(14)23-18/h3,5-6,9,11H,4,7-8H2,1-2H3,(H,20,21). The van der Waals surface area contributed by atoms with Crippen molar-refractivity contribution < 1.29 is 4.79 Å². The normalized spacial score (nSPS) is 13.0. The minimum absolute atomic E-state index is 0.146. The van der Waals surface area contributed by atoms with Crippen LogP contribution >= 0.6 is 23.1 Å². The highest BCUT2D eigenvalue weighted by atomic mass is 32.2. The predicted octanol–water partition coefficient (Wildman–Crippen LogP) is 4.86. The topological polar surface area (TPSA) is 52.9 Å². The Morgan fingerprint density at radius 3 is 2.96 bits per heavy atom. The fourth-order valence-electron chi connectivity index (χ4n) is 2.77. The maximum absolute atomic E-state index is 12.5. The van der Waals surface area contributed by atoms with Crippen LogP contribution in [0.25, 0.3) is 0 Å². The first-order valence-corrected chi connectivity index (χ1v) is 9.41. The van der Waals surface area contributed by atoms with Crippen LogP contribution in [0.4, 0.5) is 5.00 Å². The Labute approximate surface area is 144 Å². The van der Waals surface area contributed by atoms with E-state index in [-0.39, 0.29) is 5.91 Å². The monoisotopic (exact) mass is 342 g/mol. The number of hydrogen-bond acceptors (Lipinski definition) is 4. The average Bonchev–Trinajstić information content (AvgIpc) is 3.07. The molecule has 2 aromatic rings. The SMILES string of the molecule is CC(C)Sc1cccc(C(=O)Nc2sc3c(c2C#N)CCC3)c1. The Kier molecular flexibility index (Phi) is 4.74. The number of nitriles is 1. The van der Waals surface area contributed by atoms with Crippen LogP contribution in [-0.2, 0) is 12.8 Å². The molecule has 0 aliphatic heterocycles. The number of fused-ring (bicyclic) bond motifs is 1. The smallest absolute Gasteiger partial charge is 0.256 e. The molecule has 0 radical (unpaired) electrons. The van der Waals surface area contributed by atoms with Crippen molar-refractivity contribution in [1.82, 2.24) is 0 Å². The quantitative estimate of drug-likeness (QED) is 0.807. The van der Waals surface area contributed by atoms with Gasteiger partial charge in [-0.1, -0.05) is 19.9 Å². The Balaban J connectivity index is 1.82. The first-order valence-electron chi connectivity index (χ1n) is 7.71. The fraction of sp³-hybridized carbons (Fsp3) is 0.333. The van der Waals surface area contributed by atoms with Crippen LogP contribution < -0.4 is 5.32 Å². The lowest BCUT2D eigenvalue weighted by Crippen LogP contribution is -2.12. The molecular formula is C18H18N2OS2. The molecule has 1 aliphatic rings. The van der Waals surface area contributed by atoms with Gasteiger partial charge in [-0.15, -0.1) is 23.1 Å². The third-order valence-electron chi connectivity index (χ3n) is 3.73. The van der Waals surface area contributed by atoms with Gasteiger partial charge in [-0.3, -0.25) is 4.79 Å². The number of anilines is 1. The number of nitrogens with zero attached hydrogens (tertiary/aromatic N) is 1. The molecule has 0 unspecified atom stereocenters. The highest BCUT2D eigenvalue weighted by Crippen LogP contribution is 2.38. The van der Waals surface area contributed by atoms with E-state index in [2.05, 4.69) is 25.2 Å². The summed E-state index contributed by atoms with van der Waals surface area (Å²) in [5.74, 6) is -0.146. The molecule has 0 saturated carbocycles. The second-order valence-corrected chi connectivity index (χ2v) is 8.58. The van der Waals surface area contributed by atoms with Gasteiger partial charge in [0.25, 0.3) is 5.91 Å². The molecule has 1 aromatic carbocycles. The summed E-state index contributed by atoms with van der Waals surface area (Å²) in [6.07, 6.45) is 3.08. The van der Waals surface area contributed by atoms with E-state index in [9.17, 15) is 10.1 Å². The lowest BCUT2D eigenvalue weighted by Gasteiger charge is -2.08. The Hall–Kier alpha value is -1.77. The van der Waals surface area contributed by atoms with Gasteiger partial charge in [0.15, 0.2) is 0 Å². The molecule has 1 amide bonds. The average molecular weight is 342 g/mol. The first-order chi connectivity index (χ1) is 11.1. The number of carbonyl (C=O) groups is 1. The molecule has 1 aromatic heterocycles. The third kappa shape index (κ3) is 3.44. The number of hydrogen-bond donors (Lipinski definition) is 1. The molecule has 0 atom stereocenters. The largest absolute Gasteiger partial charge is 0.312 e. The molecule has 0 saturated heterocycles. The molecule has 3 rings (SSSR count). The van der Waals surface area contributed by atoms with Gasteiger partial charge in [0.2, 0.25) is 0 Å². The van der Waals surface area contributed by atoms with Crippen molar-refractivity contribution in [3.05, 3.63) is 45.8 Å². The number of benzene rings is 1. The molecule has 1 aliphatic carbocycles. The number of thioether (sulfide) groups is 1. The van der Waals surface area contributed by atoms with Crippen molar-refractivity contribution in [2.45, 2.75) is 43.3 Å². The number of rotatable bonds is 4. The van der Waals surface area contributed by atoms with Crippen LogP contribution in [0.3, 0.4) is 0 Å². The second kappa shape index (κ2) is 6.77. The van der Waals surface area contributed by atoms with Crippen LogP contribution in [0.2, 0.25) is 0 Å². The third-order valence-corrected chi connectivity index (χ3v) is 5.93. The van der Waals surface area contributed by atoms with Gasteiger partial charge >= 0.3 is 0 Å². The van der Waals surface area contributed by atoms with E-state index in [1.165, 1.54) is 4.88 Å². The fourth-order valence-corrected chi connectivity index (χ4v) is 4.90. The molecule has 1 N–H and O–H groups in total. The molecular weight excluding hydrogens is 324 g/mol. The highest BCUT2D eigenvalue weighted by molar-refractivity contribution is 7.99. The van der Waals surface area contributed by atoms with Crippen molar-refractivity contribution >= 4 is 34.0 Å². The van der Waals surface area contributed by atoms with E-state index in [1.807, 2.05) is 24.3 Å². The lowest BCUT2D eigenvalue weighted by molar-refractivity contribution is 0.102. The highest BCUT2D eigenvalue weighted by Gasteiger charge is 2.23. The van der Waals surface area contributed by atoms with Crippen LogP contribution in [0.5, 0.6) is 0 Å². The maximum atomic E-state index is 12.5. The van der Waals surface area contributed by atoms with Crippen LogP contribution in [-0.4, -0.2) is 11.2 Å². The Morgan fingerprint density at radius 1 is 1.39 bits per heavy atom. The van der Waals surface area contributed by atoms with E-state index in [4.69, 9.17) is 0 Å². The summed E-state index contributed by atoms with van der Waals surface area (Å²) in [5, 5.41) is 13.5. The zero-order valence-corrected chi connectivity index (χ0v) is 14.8. The predicted molar refractivity (Wildman–Crippen MR) is 96.4 cm³/mol. The summed E-state index contributed by atoms with van der Waals surface area (Å²) in [5.41, 5.74) is 2.42. The number of aryl methyl sites for hydroxylation is 1. The van der Waals surface area contributed by atoms with Gasteiger partial charge in [-0.05, 0) is 43.0 Å². The van der Waals surface area contributed by atoms with Crippen LogP contribution in [0.1, 0.15) is 46.6 Å². The Morgan fingerprint density at radius 2 is 2.22 bits per heavy atom. The number of nitrogens with one attached hydrogen (secondary N) is 1. The zero-order chi connectivity index (χ0) is 16.4. The summed E-state index contributed by atoms with van der Waals surface area (Å²) in [4.78, 5) is 14.9. The van der Waals surface area contributed by atoms with Crippen LogP contribution in [0, 0.1) is 11.3 Å². The molecule has 0 fully saturated rings. The van der Waals surface area contributed by atoms with Crippen LogP contribution in [0.15, 0.2) is 29.2 Å². The zero-order valence-electron chi connectivity index (χ0n) is 13.2. The Bertz CT molecular complexity index is 787. The maximum Gasteiger partial charge on any atom is 0.256 e. The summed E-state index contributed by atoms with van der Waals surface area (Å²) in [6, 6.07) is 9.90. The van der Waals surface area contributed by atoms with E-state index in [1.54, 1.807) is 23.1 Å². The minimum Gasteiger partial charge on any atom is -0.312 e. The van der Waals surface area contributed by atoms with Crippen molar-refractivity contribution in [3.63, 3.8) is 0 Å². The summed E-state index contributed by atoms with van der Waals surface area (Å²) < 4.78 is 0. The summed E-state index contributed by atoms with van der Waals surface area (Å²) >= 11 is 3.28. The number of amides is 1. The minimum atomic E-state index is -0.146. The van der Waals surface area contributed by atoms with Gasteiger partial charge in [-0.2, -0.15) is 5.26 Å². The molecule has 0 bridgehead atoms. The molecule has 1 heterocycles. The summed E-state index contributed by atoms with van der Waals surface area (Å²) in [6.45, 7) is 4.26. The first kappa shape index (κ1) is 16.1. The van der Waals surface area contributed by atoms with Gasteiger partial charge in [0, 0.05) is 20.6 Å². The van der Waals surface area contributed by atoms with Crippen molar-refractivity contribution in [2.24, 2.45) is 0 Å². The van der Waals surface area contributed by atoms with E-state index in [0.717, 1.165) is 29.7 Å². The molecule has 0 spiro atoms. The van der Waals surface area contributed by atoms with Crippen molar-refractivity contribution in [2.75, 3.05) is 5.32 Å². The van der Waals surface area contributed by atoms with E-state index in [0.29, 0.717) is 21.4 Å². The number of carbonyl (C=O) groups excluding carboxylic acids is 1. The lowest BCUT2D eigenvalue weighted by atomic mass is 10.1. The van der Waals surface area contributed by atoms with E-state index < -0.39 is 0 Å². The molecule has 5 heteroatoms. The second-order valence-electron chi connectivity index (χ2n) is 5.82. The molecule has 23 heavy (non-hydrogen) atoms. The van der Waals surface area contributed by atoms with Gasteiger partial charge in [0.05, 0.1) is 5.56 Å². The van der Waals surface area contributed by atoms with Gasteiger partial charge < -0.3 is 5.32 Å². The molecule has 3 nitrogen and oxygen atoms in total. The number of thiophene rings is 1. The van der Waals surface area contributed by atoms with E-state index >= 15 is 0 Å². The molecule has 118 valence electrons. The van der Waals surface area contributed by atoms with Crippen molar-refractivity contribution in [3.8, 4) is 6.07 Å².